The molecule has 0 aliphatic heterocycles. The second kappa shape index (κ2) is 5.59. The largest absolute Gasteiger partial charge is 0.307 e. The van der Waals surface area contributed by atoms with Crippen LogP contribution in [0.1, 0.15) is 11.3 Å². The second-order valence-corrected chi connectivity index (χ2v) is 4.44. The fourth-order valence-electron chi connectivity index (χ4n) is 2.02. The molecule has 94 valence electrons. The monoisotopic (exact) mass is 249 g/mol. The zero-order valence-electron chi connectivity index (χ0n) is 10.6. The summed E-state index contributed by atoms with van der Waals surface area (Å²) in [7, 11) is 0. The van der Waals surface area contributed by atoms with E-state index in [1.807, 2.05) is 24.3 Å². The normalized spacial score (nSPS) is 10.7. The molecule has 0 radical (unpaired) electrons. The fourth-order valence-corrected chi connectivity index (χ4v) is 2.02. The van der Waals surface area contributed by atoms with E-state index in [0.29, 0.717) is 0 Å². The minimum atomic E-state index is 0.751. The van der Waals surface area contributed by atoms with Crippen LogP contribution < -0.4 is 5.32 Å². The SMILES string of the molecule is c1ccc(CNCc2ccc3cccnc3n2)cc1. The summed E-state index contributed by atoms with van der Waals surface area (Å²) in [5.74, 6) is 0. The molecular weight excluding hydrogens is 234 g/mol. The van der Waals surface area contributed by atoms with Gasteiger partial charge in [0.1, 0.15) is 0 Å². The molecule has 3 heteroatoms. The summed E-state index contributed by atoms with van der Waals surface area (Å²) in [6.07, 6.45) is 1.77. The zero-order valence-corrected chi connectivity index (χ0v) is 10.6. The van der Waals surface area contributed by atoms with Crippen molar-refractivity contribution in [2.75, 3.05) is 0 Å². The van der Waals surface area contributed by atoms with Gasteiger partial charge in [-0.3, -0.25) is 0 Å². The van der Waals surface area contributed by atoms with Gasteiger partial charge in [-0.2, -0.15) is 0 Å². The van der Waals surface area contributed by atoms with Crippen molar-refractivity contribution >= 4 is 11.0 Å². The molecule has 0 aliphatic rings. The van der Waals surface area contributed by atoms with Crippen LogP contribution in [0.15, 0.2) is 60.8 Å². The lowest BCUT2D eigenvalue weighted by Crippen LogP contribution is -2.13. The number of rotatable bonds is 4. The van der Waals surface area contributed by atoms with Gasteiger partial charge in [0.2, 0.25) is 0 Å². The van der Waals surface area contributed by atoms with E-state index in [2.05, 4.69) is 45.6 Å². The van der Waals surface area contributed by atoms with Gasteiger partial charge >= 0.3 is 0 Å². The smallest absolute Gasteiger partial charge is 0.159 e. The molecular formula is C16H15N3. The highest BCUT2D eigenvalue weighted by Gasteiger charge is 1.98. The predicted molar refractivity (Wildman–Crippen MR) is 76.5 cm³/mol. The quantitative estimate of drug-likeness (QED) is 0.772. The Hall–Kier alpha value is -2.26. The summed E-state index contributed by atoms with van der Waals surface area (Å²) in [5, 5.41) is 4.47. The van der Waals surface area contributed by atoms with Crippen LogP contribution in [-0.4, -0.2) is 9.97 Å². The Balaban J connectivity index is 1.65. The van der Waals surface area contributed by atoms with Gasteiger partial charge in [0.25, 0.3) is 0 Å². The van der Waals surface area contributed by atoms with Gasteiger partial charge in [0.15, 0.2) is 5.65 Å². The number of nitrogens with zero attached hydrogens (tertiary/aromatic N) is 2. The first-order valence-electron chi connectivity index (χ1n) is 6.37. The summed E-state index contributed by atoms with van der Waals surface area (Å²) >= 11 is 0. The van der Waals surface area contributed by atoms with Crippen LogP contribution in [0.5, 0.6) is 0 Å². The van der Waals surface area contributed by atoms with Gasteiger partial charge in [-0.1, -0.05) is 30.3 Å². The lowest BCUT2D eigenvalue weighted by atomic mass is 10.2. The van der Waals surface area contributed by atoms with E-state index in [1.54, 1.807) is 6.20 Å². The Bertz CT molecular complexity index is 665. The van der Waals surface area contributed by atoms with Gasteiger partial charge in [0.05, 0.1) is 5.69 Å². The van der Waals surface area contributed by atoms with Crippen molar-refractivity contribution in [3.8, 4) is 0 Å². The van der Waals surface area contributed by atoms with Crippen molar-refractivity contribution < 1.29 is 0 Å². The maximum atomic E-state index is 4.53. The number of benzene rings is 1. The third-order valence-corrected chi connectivity index (χ3v) is 3.00. The molecule has 2 aromatic heterocycles. The van der Waals surface area contributed by atoms with Crippen LogP contribution in [0.25, 0.3) is 11.0 Å². The predicted octanol–water partition coefficient (Wildman–Crippen LogP) is 2.92. The standard InChI is InChI=1S/C16H15N3/c1-2-5-13(6-3-1)11-17-12-15-9-8-14-7-4-10-18-16(14)19-15/h1-10,17H,11-12H2. The van der Waals surface area contributed by atoms with Gasteiger partial charge < -0.3 is 5.32 Å². The third kappa shape index (κ3) is 2.95. The highest BCUT2D eigenvalue weighted by Crippen LogP contribution is 2.09. The van der Waals surface area contributed by atoms with E-state index in [-0.39, 0.29) is 0 Å². The molecule has 0 spiro atoms. The molecule has 0 saturated carbocycles. The Labute approximate surface area is 112 Å². The maximum absolute atomic E-state index is 4.53. The number of nitrogens with one attached hydrogen (secondary N) is 1. The molecule has 0 fully saturated rings. The van der Waals surface area contributed by atoms with E-state index < -0.39 is 0 Å². The third-order valence-electron chi connectivity index (χ3n) is 3.00. The Morgan fingerprint density at radius 2 is 1.74 bits per heavy atom. The summed E-state index contributed by atoms with van der Waals surface area (Å²) < 4.78 is 0. The number of hydrogen-bond acceptors (Lipinski definition) is 3. The molecule has 0 unspecified atom stereocenters. The summed E-state index contributed by atoms with van der Waals surface area (Å²) in [6.45, 7) is 1.60. The van der Waals surface area contributed by atoms with Crippen molar-refractivity contribution in [2.45, 2.75) is 13.1 Å². The minimum Gasteiger partial charge on any atom is -0.307 e. The van der Waals surface area contributed by atoms with Crippen molar-refractivity contribution in [3.63, 3.8) is 0 Å². The fraction of sp³-hybridized carbons (Fsp3) is 0.125. The van der Waals surface area contributed by atoms with E-state index >= 15 is 0 Å². The summed E-state index contributed by atoms with van der Waals surface area (Å²) in [4.78, 5) is 8.80. The first-order valence-corrected chi connectivity index (χ1v) is 6.37. The molecule has 1 aromatic carbocycles. The van der Waals surface area contributed by atoms with Crippen LogP contribution in [0.3, 0.4) is 0 Å². The molecule has 3 nitrogen and oxygen atoms in total. The van der Waals surface area contributed by atoms with E-state index in [0.717, 1.165) is 29.8 Å². The topological polar surface area (TPSA) is 37.8 Å². The first-order chi connectivity index (χ1) is 9.42. The van der Waals surface area contributed by atoms with Crippen LogP contribution >= 0.6 is 0 Å². The average molecular weight is 249 g/mol. The van der Waals surface area contributed by atoms with Crippen molar-refractivity contribution in [2.24, 2.45) is 0 Å². The molecule has 2 heterocycles. The Morgan fingerprint density at radius 3 is 2.63 bits per heavy atom. The molecule has 3 rings (SSSR count). The Kier molecular flexibility index (Phi) is 3.47. The average Bonchev–Trinajstić information content (AvgIpc) is 2.48. The van der Waals surface area contributed by atoms with Crippen LogP contribution in [0.4, 0.5) is 0 Å². The highest BCUT2D eigenvalue weighted by molar-refractivity contribution is 5.74. The highest BCUT2D eigenvalue weighted by atomic mass is 14.9. The molecule has 0 aliphatic carbocycles. The van der Waals surface area contributed by atoms with Gasteiger partial charge in [-0.05, 0) is 29.8 Å². The van der Waals surface area contributed by atoms with Gasteiger partial charge in [-0.25, -0.2) is 9.97 Å². The van der Waals surface area contributed by atoms with Crippen molar-refractivity contribution in [1.29, 1.82) is 0 Å². The van der Waals surface area contributed by atoms with Crippen LogP contribution in [0.2, 0.25) is 0 Å². The van der Waals surface area contributed by atoms with E-state index in [4.69, 9.17) is 0 Å². The lowest BCUT2D eigenvalue weighted by Gasteiger charge is -2.05. The molecule has 0 bridgehead atoms. The molecule has 3 aromatic rings. The van der Waals surface area contributed by atoms with Crippen molar-refractivity contribution in [3.05, 3.63) is 72.1 Å². The molecule has 19 heavy (non-hydrogen) atoms. The summed E-state index contributed by atoms with van der Waals surface area (Å²) in [5.41, 5.74) is 3.10. The molecule has 0 atom stereocenters. The Morgan fingerprint density at radius 1 is 0.842 bits per heavy atom. The minimum absolute atomic E-state index is 0.751. The van der Waals surface area contributed by atoms with Crippen LogP contribution in [0, 0.1) is 0 Å². The molecule has 0 amide bonds. The summed E-state index contributed by atoms with van der Waals surface area (Å²) in [6, 6.07) is 18.4. The van der Waals surface area contributed by atoms with Gasteiger partial charge in [-0.15, -0.1) is 0 Å². The number of aromatic nitrogens is 2. The van der Waals surface area contributed by atoms with E-state index in [9.17, 15) is 0 Å². The van der Waals surface area contributed by atoms with Crippen molar-refractivity contribution in [1.82, 2.24) is 15.3 Å². The van der Waals surface area contributed by atoms with Gasteiger partial charge in [0, 0.05) is 24.7 Å². The number of hydrogen-bond donors (Lipinski definition) is 1. The zero-order chi connectivity index (χ0) is 12.9. The van der Waals surface area contributed by atoms with Crippen LogP contribution in [-0.2, 0) is 13.1 Å². The number of pyridine rings is 2. The lowest BCUT2D eigenvalue weighted by molar-refractivity contribution is 0.681. The molecule has 1 N–H and O–H groups in total. The first kappa shape index (κ1) is 11.8. The number of fused-ring (bicyclic) bond motifs is 1. The second-order valence-electron chi connectivity index (χ2n) is 4.44. The van der Waals surface area contributed by atoms with E-state index in [1.165, 1.54) is 5.56 Å². The molecule has 0 saturated heterocycles. The maximum Gasteiger partial charge on any atom is 0.159 e.